The van der Waals surface area contributed by atoms with E-state index < -0.39 is 0 Å². The van der Waals surface area contributed by atoms with E-state index in [4.69, 9.17) is 4.74 Å². The number of hydrogen-bond donors (Lipinski definition) is 1. The Balaban J connectivity index is 1.59. The minimum atomic E-state index is -0.158. The van der Waals surface area contributed by atoms with Gasteiger partial charge in [0, 0.05) is 19.5 Å². The summed E-state index contributed by atoms with van der Waals surface area (Å²) in [5.74, 6) is 0.481. The van der Waals surface area contributed by atoms with Gasteiger partial charge in [-0.3, -0.25) is 5.32 Å². The molecular weight excluding hydrogens is 304 g/mol. The number of carbonyl (C=O) groups is 1. The van der Waals surface area contributed by atoms with Crippen molar-refractivity contribution in [2.24, 2.45) is 0 Å². The molecule has 1 aliphatic heterocycles. The number of benzene rings is 1. The number of amides is 2. The van der Waals surface area contributed by atoms with Crippen LogP contribution in [-0.2, 0) is 11.2 Å². The number of nitrogens with zero attached hydrogens (tertiary/aromatic N) is 3. The lowest BCUT2D eigenvalue weighted by molar-refractivity contribution is -0.0113. The number of aryl methyl sites for hydroxylation is 2. The van der Waals surface area contributed by atoms with Crippen molar-refractivity contribution >= 4 is 11.8 Å². The van der Waals surface area contributed by atoms with Crippen LogP contribution in [0, 0.1) is 13.8 Å². The second kappa shape index (κ2) is 7.40. The Kier molecular flexibility index (Phi) is 5.05. The third kappa shape index (κ3) is 4.08. The van der Waals surface area contributed by atoms with Crippen LogP contribution >= 0.6 is 0 Å². The molecule has 1 aromatic carbocycles. The Labute approximate surface area is 141 Å². The molecule has 0 saturated carbocycles. The van der Waals surface area contributed by atoms with Crippen LogP contribution in [0.5, 0.6) is 0 Å². The van der Waals surface area contributed by atoms with E-state index in [2.05, 4.69) is 27.6 Å². The SMILES string of the molecule is Cc1cc(NC(=O)N2CCOC(Cc3ccccc3)C2)nnc1C. The van der Waals surface area contributed by atoms with Gasteiger partial charge in [0.25, 0.3) is 0 Å². The molecule has 0 spiro atoms. The topological polar surface area (TPSA) is 67.4 Å². The molecular formula is C18H22N4O2. The fourth-order valence-electron chi connectivity index (χ4n) is 2.70. The van der Waals surface area contributed by atoms with Crippen molar-refractivity contribution < 1.29 is 9.53 Å². The summed E-state index contributed by atoms with van der Waals surface area (Å²) in [5.41, 5.74) is 3.08. The van der Waals surface area contributed by atoms with Crippen molar-refractivity contribution in [3.63, 3.8) is 0 Å². The summed E-state index contributed by atoms with van der Waals surface area (Å²) < 4.78 is 5.80. The van der Waals surface area contributed by atoms with Crippen molar-refractivity contribution in [1.29, 1.82) is 0 Å². The van der Waals surface area contributed by atoms with Crippen LogP contribution in [0.1, 0.15) is 16.8 Å². The van der Waals surface area contributed by atoms with Gasteiger partial charge in [0.2, 0.25) is 0 Å². The second-order valence-corrected chi connectivity index (χ2v) is 6.06. The van der Waals surface area contributed by atoms with E-state index >= 15 is 0 Å². The number of nitrogens with one attached hydrogen (secondary N) is 1. The van der Waals surface area contributed by atoms with E-state index in [0.29, 0.717) is 25.5 Å². The fourth-order valence-corrected chi connectivity index (χ4v) is 2.70. The lowest BCUT2D eigenvalue weighted by Gasteiger charge is -2.33. The monoisotopic (exact) mass is 326 g/mol. The Morgan fingerprint density at radius 2 is 2.08 bits per heavy atom. The zero-order valence-corrected chi connectivity index (χ0v) is 14.0. The number of carbonyl (C=O) groups excluding carboxylic acids is 1. The predicted octanol–water partition coefficient (Wildman–Crippen LogP) is 2.57. The zero-order valence-electron chi connectivity index (χ0n) is 14.0. The minimum absolute atomic E-state index is 0.0118. The first kappa shape index (κ1) is 16.4. The van der Waals surface area contributed by atoms with E-state index in [-0.39, 0.29) is 12.1 Å². The maximum absolute atomic E-state index is 12.5. The summed E-state index contributed by atoms with van der Waals surface area (Å²) in [6.07, 6.45) is 0.811. The van der Waals surface area contributed by atoms with Crippen LogP contribution in [-0.4, -0.2) is 46.9 Å². The van der Waals surface area contributed by atoms with E-state index in [1.165, 1.54) is 5.56 Å². The number of anilines is 1. The molecule has 1 saturated heterocycles. The average Bonchev–Trinajstić information content (AvgIpc) is 2.59. The smallest absolute Gasteiger partial charge is 0.323 e. The molecule has 1 aliphatic rings. The van der Waals surface area contributed by atoms with Crippen LogP contribution in [0.15, 0.2) is 36.4 Å². The maximum Gasteiger partial charge on any atom is 0.323 e. The molecule has 3 rings (SSSR count). The first-order valence-electron chi connectivity index (χ1n) is 8.14. The van der Waals surface area contributed by atoms with Crippen LogP contribution in [0.3, 0.4) is 0 Å². The standard InChI is InChI=1S/C18H22N4O2/c1-13-10-17(21-20-14(13)2)19-18(23)22-8-9-24-16(12-22)11-15-6-4-3-5-7-15/h3-7,10,16H,8-9,11-12H2,1-2H3,(H,19,21,23). The second-order valence-electron chi connectivity index (χ2n) is 6.06. The van der Waals surface area contributed by atoms with E-state index in [0.717, 1.165) is 17.7 Å². The molecule has 2 aromatic rings. The highest BCUT2D eigenvalue weighted by Gasteiger charge is 2.24. The summed E-state index contributed by atoms with van der Waals surface area (Å²) in [4.78, 5) is 14.2. The maximum atomic E-state index is 12.5. The number of urea groups is 1. The van der Waals surface area contributed by atoms with Crippen molar-refractivity contribution in [2.45, 2.75) is 26.4 Å². The molecule has 1 fully saturated rings. The van der Waals surface area contributed by atoms with Crippen molar-refractivity contribution in [3.05, 3.63) is 53.2 Å². The van der Waals surface area contributed by atoms with E-state index in [9.17, 15) is 4.79 Å². The largest absolute Gasteiger partial charge is 0.374 e. The normalized spacial score (nSPS) is 17.6. The Hall–Kier alpha value is -2.47. The van der Waals surface area contributed by atoms with Crippen LogP contribution in [0.25, 0.3) is 0 Å². The quantitative estimate of drug-likeness (QED) is 0.941. The number of morpholine rings is 1. The molecule has 0 radical (unpaired) electrons. The highest BCUT2D eigenvalue weighted by molar-refractivity contribution is 5.88. The third-order valence-corrected chi connectivity index (χ3v) is 4.20. The van der Waals surface area contributed by atoms with Crippen LogP contribution in [0.2, 0.25) is 0 Å². The summed E-state index contributed by atoms with van der Waals surface area (Å²) in [6, 6.07) is 11.9. The number of rotatable bonds is 3. The minimum Gasteiger partial charge on any atom is -0.374 e. The number of aromatic nitrogens is 2. The van der Waals surface area contributed by atoms with Gasteiger partial charge in [0.15, 0.2) is 5.82 Å². The van der Waals surface area contributed by atoms with Gasteiger partial charge in [-0.15, -0.1) is 5.10 Å². The molecule has 0 bridgehead atoms. The van der Waals surface area contributed by atoms with Gasteiger partial charge >= 0.3 is 6.03 Å². The Morgan fingerprint density at radius 1 is 1.29 bits per heavy atom. The van der Waals surface area contributed by atoms with Crippen LogP contribution in [0.4, 0.5) is 10.6 Å². The van der Waals surface area contributed by atoms with Gasteiger partial charge in [0.05, 0.1) is 18.4 Å². The highest BCUT2D eigenvalue weighted by Crippen LogP contribution is 2.14. The van der Waals surface area contributed by atoms with Gasteiger partial charge in [0.1, 0.15) is 0 Å². The van der Waals surface area contributed by atoms with Gasteiger partial charge in [-0.1, -0.05) is 30.3 Å². The molecule has 1 atom stereocenters. The average molecular weight is 326 g/mol. The number of hydrogen-bond acceptors (Lipinski definition) is 4. The molecule has 6 heteroatoms. The van der Waals surface area contributed by atoms with Gasteiger partial charge < -0.3 is 9.64 Å². The van der Waals surface area contributed by atoms with Crippen molar-refractivity contribution in [1.82, 2.24) is 15.1 Å². The highest BCUT2D eigenvalue weighted by atomic mass is 16.5. The first-order valence-corrected chi connectivity index (χ1v) is 8.14. The molecule has 126 valence electrons. The van der Waals surface area contributed by atoms with Crippen molar-refractivity contribution in [2.75, 3.05) is 25.0 Å². The summed E-state index contributed by atoms with van der Waals surface area (Å²) in [7, 11) is 0. The fraction of sp³-hybridized carbons (Fsp3) is 0.389. The van der Waals surface area contributed by atoms with E-state index in [1.54, 1.807) is 4.90 Å². The summed E-state index contributed by atoms with van der Waals surface area (Å²) in [6.45, 7) is 5.53. The zero-order chi connectivity index (χ0) is 16.9. The Morgan fingerprint density at radius 3 is 2.83 bits per heavy atom. The molecule has 2 amide bonds. The molecule has 6 nitrogen and oxygen atoms in total. The molecule has 2 heterocycles. The number of ether oxygens (including phenoxy) is 1. The van der Waals surface area contributed by atoms with Crippen LogP contribution < -0.4 is 5.32 Å². The molecule has 24 heavy (non-hydrogen) atoms. The van der Waals surface area contributed by atoms with Gasteiger partial charge in [-0.2, -0.15) is 5.10 Å². The predicted molar refractivity (Wildman–Crippen MR) is 92.0 cm³/mol. The van der Waals surface area contributed by atoms with E-state index in [1.807, 2.05) is 38.1 Å². The lowest BCUT2D eigenvalue weighted by atomic mass is 10.1. The van der Waals surface area contributed by atoms with Crippen molar-refractivity contribution in [3.8, 4) is 0 Å². The Bertz CT molecular complexity index is 705. The third-order valence-electron chi connectivity index (χ3n) is 4.20. The molecule has 1 N–H and O–H groups in total. The van der Waals surface area contributed by atoms with Gasteiger partial charge in [-0.25, -0.2) is 4.79 Å². The molecule has 0 aliphatic carbocycles. The summed E-state index contributed by atoms with van der Waals surface area (Å²) in [5, 5.41) is 10.9. The van der Waals surface area contributed by atoms with Gasteiger partial charge in [-0.05, 0) is 31.0 Å². The first-order chi connectivity index (χ1) is 11.6. The lowest BCUT2D eigenvalue weighted by Crippen LogP contribution is -2.48. The summed E-state index contributed by atoms with van der Waals surface area (Å²) >= 11 is 0. The molecule has 1 aromatic heterocycles. The molecule has 1 unspecified atom stereocenters.